The van der Waals surface area contributed by atoms with Crippen LogP contribution in [0.15, 0.2) is 58.8 Å². The predicted octanol–water partition coefficient (Wildman–Crippen LogP) is 3.98. The fraction of sp³-hybridized carbons (Fsp3) is 0.250. The van der Waals surface area contributed by atoms with E-state index in [1.807, 2.05) is 29.6 Å². The monoisotopic (exact) mass is 449 g/mol. The minimum Gasteiger partial charge on any atom is -0.497 e. The Hall–Kier alpha value is -2.13. The molecule has 3 aromatic rings. The van der Waals surface area contributed by atoms with Crippen molar-refractivity contribution in [3.05, 3.63) is 58.9 Å². The molecule has 1 aromatic heterocycles. The van der Waals surface area contributed by atoms with Crippen molar-refractivity contribution in [1.82, 2.24) is 9.29 Å². The molecule has 0 amide bonds. The lowest BCUT2D eigenvalue weighted by Gasteiger charge is -2.33. The van der Waals surface area contributed by atoms with E-state index in [0.29, 0.717) is 26.2 Å². The van der Waals surface area contributed by atoms with Crippen LogP contribution in [0, 0.1) is 0 Å². The Morgan fingerprint density at radius 3 is 2.38 bits per heavy atom. The summed E-state index contributed by atoms with van der Waals surface area (Å²) in [6.07, 6.45) is 0. The first-order valence-corrected chi connectivity index (χ1v) is 11.8. The molecule has 6 nitrogen and oxygen atoms in total. The van der Waals surface area contributed by atoms with Crippen LogP contribution in [-0.2, 0) is 10.0 Å². The quantitative estimate of drug-likeness (QED) is 0.589. The van der Waals surface area contributed by atoms with Gasteiger partial charge in [0.2, 0.25) is 10.0 Å². The second-order valence-corrected chi connectivity index (χ2v) is 9.72. The summed E-state index contributed by atoms with van der Waals surface area (Å²) in [5.74, 6) is 0.806. The van der Waals surface area contributed by atoms with E-state index in [-0.39, 0.29) is 9.92 Å². The average Bonchev–Trinajstić information content (AvgIpc) is 3.24. The van der Waals surface area contributed by atoms with E-state index in [9.17, 15) is 8.42 Å². The van der Waals surface area contributed by atoms with Crippen molar-refractivity contribution in [2.45, 2.75) is 4.90 Å². The summed E-state index contributed by atoms with van der Waals surface area (Å²) in [7, 11) is -1.96. The minimum absolute atomic E-state index is 0.158. The third kappa shape index (κ3) is 4.11. The SMILES string of the molecule is COc1ccc(-c2csc(N3CCN(S(=O)(=O)c4ccccc4Cl)CC3)n2)cc1. The Kier molecular flexibility index (Phi) is 5.78. The van der Waals surface area contributed by atoms with Crippen LogP contribution in [0.4, 0.5) is 5.13 Å². The van der Waals surface area contributed by atoms with E-state index in [4.69, 9.17) is 21.3 Å². The van der Waals surface area contributed by atoms with Gasteiger partial charge < -0.3 is 9.64 Å². The van der Waals surface area contributed by atoms with Crippen LogP contribution in [0.25, 0.3) is 11.3 Å². The van der Waals surface area contributed by atoms with Crippen LogP contribution in [0.2, 0.25) is 5.02 Å². The first-order valence-electron chi connectivity index (χ1n) is 9.08. The van der Waals surface area contributed by atoms with Crippen LogP contribution >= 0.6 is 22.9 Å². The molecule has 4 rings (SSSR count). The average molecular weight is 450 g/mol. The van der Waals surface area contributed by atoms with Gasteiger partial charge in [-0.1, -0.05) is 23.7 Å². The van der Waals surface area contributed by atoms with Gasteiger partial charge in [-0.3, -0.25) is 0 Å². The van der Waals surface area contributed by atoms with Crippen molar-refractivity contribution in [3.63, 3.8) is 0 Å². The zero-order valence-electron chi connectivity index (χ0n) is 15.8. The lowest BCUT2D eigenvalue weighted by atomic mass is 10.2. The number of hydrogen-bond donors (Lipinski definition) is 0. The number of halogens is 1. The molecule has 1 fully saturated rings. The van der Waals surface area contributed by atoms with E-state index >= 15 is 0 Å². The smallest absolute Gasteiger partial charge is 0.244 e. The molecule has 1 aliphatic heterocycles. The number of thiazole rings is 1. The summed E-state index contributed by atoms with van der Waals surface area (Å²) in [4.78, 5) is 7.01. The Bertz CT molecular complexity index is 1090. The molecule has 2 heterocycles. The number of ether oxygens (including phenoxy) is 1. The van der Waals surface area contributed by atoms with E-state index in [1.54, 1.807) is 42.7 Å². The molecule has 152 valence electrons. The highest BCUT2D eigenvalue weighted by atomic mass is 35.5. The number of methoxy groups -OCH3 is 1. The normalized spacial score (nSPS) is 15.4. The highest BCUT2D eigenvalue weighted by Crippen LogP contribution is 2.30. The Morgan fingerprint density at radius 2 is 1.72 bits per heavy atom. The molecular weight excluding hydrogens is 430 g/mol. The van der Waals surface area contributed by atoms with Crippen molar-refractivity contribution >= 4 is 38.1 Å². The molecule has 0 N–H and O–H groups in total. The van der Waals surface area contributed by atoms with Gasteiger partial charge in [0.15, 0.2) is 5.13 Å². The summed E-state index contributed by atoms with van der Waals surface area (Å²) in [6, 6.07) is 14.3. The van der Waals surface area contributed by atoms with Crippen LogP contribution in [0.3, 0.4) is 0 Å². The number of anilines is 1. The van der Waals surface area contributed by atoms with E-state index in [1.165, 1.54) is 4.31 Å². The summed E-state index contributed by atoms with van der Waals surface area (Å²) < 4.78 is 32.5. The van der Waals surface area contributed by atoms with Crippen LogP contribution in [0.5, 0.6) is 5.75 Å². The van der Waals surface area contributed by atoms with Crippen LogP contribution in [-0.4, -0.2) is 51.0 Å². The topological polar surface area (TPSA) is 62.7 Å². The molecule has 0 aliphatic carbocycles. The second kappa shape index (κ2) is 8.31. The molecule has 2 aromatic carbocycles. The highest BCUT2D eigenvalue weighted by molar-refractivity contribution is 7.89. The molecule has 9 heteroatoms. The zero-order valence-corrected chi connectivity index (χ0v) is 18.2. The van der Waals surface area contributed by atoms with Gasteiger partial charge in [-0.2, -0.15) is 4.31 Å². The van der Waals surface area contributed by atoms with Crippen LogP contribution < -0.4 is 9.64 Å². The number of aromatic nitrogens is 1. The molecular formula is C20H20ClN3O3S2. The first kappa shape index (κ1) is 20.2. The predicted molar refractivity (Wildman–Crippen MR) is 117 cm³/mol. The maximum absolute atomic E-state index is 12.9. The molecule has 29 heavy (non-hydrogen) atoms. The van der Waals surface area contributed by atoms with E-state index < -0.39 is 10.0 Å². The maximum Gasteiger partial charge on any atom is 0.244 e. The van der Waals surface area contributed by atoms with Gasteiger partial charge in [-0.05, 0) is 36.4 Å². The molecule has 0 atom stereocenters. The van der Waals surface area contributed by atoms with Gasteiger partial charge >= 0.3 is 0 Å². The molecule has 0 spiro atoms. The third-order valence-electron chi connectivity index (χ3n) is 4.84. The maximum atomic E-state index is 12.9. The van der Waals surface area contributed by atoms with E-state index in [0.717, 1.165) is 22.1 Å². The van der Waals surface area contributed by atoms with Gasteiger partial charge in [0, 0.05) is 37.1 Å². The summed E-state index contributed by atoms with van der Waals surface area (Å²) in [5, 5.41) is 3.16. The van der Waals surface area contributed by atoms with Crippen molar-refractivity contribution in [1.29, 1.82) is 0 Å². The van der Waals surface area contributed by atoms with Crippen molar-refractivity contribution in [3.8, 4) is 17.0 Å². The second-order valence-electron chi connectivity index (χ2n) is 6.57. The highest BCUT2D eigenvalue weighted by Gasteiger charge is 2.30. The number of piperazine rings is 1. The van der Waals surface area contributed by atoms with Gasteiger partial charge in [0.25, 0.3) is 0 Å². The molecule has 1 aliphatic rings. The van der Waals surface area contributed by atoms with Crippen molar-refractivity contribution < 1.29 is 13.2 Å². The fourth-order valence-corrected chi connectivity index (χ4v) is 6.02. The number of nitrogens with zero attached hydrogens (tertiary/aromatic N) is 3. The fourth-order valence-electron chi connectivity index (χ4n) is 3.22. The lowest BCUT2D eigenvalue weighted by molar-refractivity contribution is 0.385. The van der Waals surface area contributed by atoms with Gasteiger partial charge in [-0.25, -0.2) is 13.4 Å². The van der Waals surface area contributed by atoms with Gasteiger partial charge in [0.05, 0.1) is 17.8 Å². The molecule has 1 saturated heterocycles. The van der Waals surface area contributed by atoms with Gasteiger partial charge in [-0.15, -0.1) is 11.3 Å². The molecule has 0 unspecified atom stereocenters. The van der Waals surface area contributed by atoms with Crippen LogP contribution in [0.1, 0.15) is 0 Å². The molecule has 0 radical (unpaired) electrons. The lowest BCUT2D eigenvalue weighted by Crippen LogP contribution is -2.48. The van der Waals surface area contributed by atoms with Crippen molar-refractivity contribution in [2.75, 3.05) is 38.2 Å². The summed E-state index contributed by atoms with van der Waals surface area (Å²) in [5.41, 5.74) is 1.92. The standard InChI is InChI=1S/C20H20ClN3O3S2/c1-27-16-8-6-15(7-9-16)18-14-28-20(22-18)23-10-12-24(13-11-23)29(25,26)19-5-3-2-4-17(19)21/h2-9,14H,10-13H2,1H3. The third-order valence-corrected chi connectivity index (χ3v) is 8.14. The van der Waals surface area contributed by atoms with E-state index in [2.05, 4.69) is 4.90 Å². The summed E-state index contributed by atoms with van der Waals surface area (Å²) >= 11 is 7.66. The van der Waals surface area contributed by atoms with Gasteiger partial charge in [0.1, 0.15) is 10.6 Å². The Morgan fingerprint density at radius 1 is 1.03 bits per heavy atom. The summed E-state index contributed by atoms with van der Waals surface area (Å²) in [6.45, 7) is 1.95. The number of hydrogen-bond acceptors (Lipinski definition) is 6. The number of rotatable bonds is 5. The van der Waals surface area contributed by atoms with Crippen molar-refractivity contribution in [2.24, 2.45) is 0 Å². The minimum atomic E-state index is -3.60. The first-order chi connectivity index (χ1) is 14.0. The largest absolute Gasteiger partial charge is 0.497 e. The Balaban J connectivity index is 1.45. The Labute approximate surface area is 179 Å². The molecule has 0 saturated carbocycles. The zero-order chi connectivity index (χ0) is 20.4. The number of benzene rings is 2. The molecule has 0 bridgehead atoms. The number of sulfonamides is 1.